The molecule has 0 radical (unpaired) electrons. The maximum atomic E-state index is 8.68. The van der Waals surface area contributed by atoms with Gasteiger partial charge in [-0.1, -0.05) is 0 Å². The molecule has 2 aliphatic rings. The lowest BCUT2D eigenvalue weighted by molar-refractivity contribution is 0.269. The second-order valence-electron chi connectivity index (χ2n) is 3.79. The highest BCUT2D eigenvalue weighted by molar-refractivity contribution is 5.02. The van der Waals surface area contributed by atoms with Gasteiger partial charge < -0.3 is 10.4 Å². The van der Waals surface area contributed by atoms with Gasteiger partial charge >= 0.3 is 0 Å². The van der Waals surface area contributed by atoms with Crippen LogP contribution in [0.4, 0.5) is 0 Å². The molecule has 10 heavy (non-hydrogen) atoms. The van der Waals surface area contributed by atoms with Crippen LogP contribution in [0.2, 0.25) is 0 Å². The van der Waals surface area contributed by atoms with E-state index in [9.17, 15) is 0 Å². The Hall–Kier alpha value is -0.0800. The maximum absolute atomic E-state index is 8.68. The van der Waals surface area contributed by atoms with Crippen molar-refractivity contribution in [3.63, 3.8) is 0 Å². The third-order valence-corrected chi connectivity index (χ3v) is 2.88. The van der Waals surface area contributed by atoms with Crippen LogP contribution in [0.1, 0.15) is 25.7 Å². The summed E-state index contributed by atoms with van der Waals surface area (Å²) in [5, 5.41) is 12.1. The number of aliphatic hydroxyl groups excluding tert-OH is 1. The molecule has 2 rings (SSSR count). The summed E-state index contributed by atoms with van der Waals surface area (Å²) < 4.78 is 0. The van der Waals surface area contributed by atoms with Gasteiger partial charge in [0.15, 0.2) is 0 Å². The van der Waals surface area contributed by atoms with Gasteiger partial charge in [0.05, 0.1) is 0 Å². The normalized spacial score (nSPS) is 35.1. The number of nitrogens with one attached hydrogen (secondary N) is 1. The fourth-order valence-electron chi connectivity index (χ4n) is 1.95. The van der Waals surface area contributed by atoms with E-state index >= 15 is 0 Å². The zero-order chi connectivity index (χ0) is 7.03. The number of aliphatic hydroxyl groups is 1. The van der Waals surface area contributed by atoms with Crippen molar-refractivity contribution < 1.29 is 5.11 Å². The van der Waals surface area contributed by atoms with Gasteiger partial charge in [-0.2, -0.15) is 0 Å². The summed E-state index contributed by atoms with van der Waals surface area (Å²) in [7, 11) is 0. The van der Waals surface area contributed by atoms with Crippen molar-refractivity contribution in [3.05, 3.63) is 0 Å². The molecule has 1 spiro atoms. The van der Waals surface area contributed by atoms with Crippen molar-refractivity contribution >= 4 is 0 Å². The number of rotatable bonds is 2. The summed E-state index contributed by atoms with van der Waals surface area (Å²) in [6.07, 6.45) is 5.10. The molecule has 1 atom stereocenters. The van der Waals surface area contributed by atoms with Gasteiger partial charge in [-0.15, -0.1) is 0 Å². The van der Waals surface area contributed by atoms with Crippen molar-refractivity contribution in [1.82, 2.24) is 5.32 Å². The average Bonchev–Trinajstić information content (AvgIpc) is 2.52. The molecule has 1 heterocycles. The Labute approximate surface area is 61.6 Å². The Balaban J connectivity index is 1.82. The quantitative estimate of drug-likeness (QED) is 0.587. The van der Waals surface area contributed by atoms with Crippen LogP contribution in [0.25, 0.3) is 0 Å². The molecule has 1 saturated carbocycles. The van der Waals surface area contributed by atoms with Crippen LogP contribution in [0.15, 0.2) is 0 Å². The molecule has 2 heteroatoms. The lowest BCUT2D eigenvalue weighted by atomic mass is 10.0. The van der Waals surface area contributed by atoms with Crippen molar-refractivity contribution in [2.45, 2.75) is 31.7 Å². The highest BCUT2D eigenvalue weighted by Gasteiger charge is 2.47. The summed E-state index contributed by atoms with van der Waals surface area (Å²) >= 11 is 0. The fraction of sp³-hybridized carbons (Fsp3) is 1.00. The molecule has 1 saturated heterocycles. The highest BCUT2D eigenvalue weighted by Crippen LogP contribution is 2.52. The van der Waals surface area contributed by atoms with Gasteiger partial charge in [0, 0.05) is 19.2 Å². The minimum atomic E-state index is 0.341. The van der Waals surface area contributed by atoms with E-state index in [0.717, 1.165) is 6.42 Å². The molecule has 2 N–H and O–H groups in total. The minimum absolute atomic E-state index is 0.341. The lowest BCUT2D eigenvalue weighted by Crippen LogP contribution is -2.22. The summed E-state index contributed by atoms with van der Waals surface area (Å²) in [5.74, 6) is 0. The fourth-order valence-corrected chi connectivity index (χ4v) is 1.95. The second kappa shape index (κ2) is 2.21. The molecule has 0 bridgehead atoms. The van der Waals surface area contributed by atoms with E-state index in [4.69, 9.17) is 5.11 Å². The van der Waals surface area contributed by atoms with E-state index < -0.39 is 0 Å². The van der Waals surface area contributed by atoms with Crippen LogP contribution >= 0.6 is 0 Å². The molecule has 2 nitrogen and oxygen atoms in total. The van der Waals surface area contributed by atoms with Crippen molar-refractivity contribution in [2.75, 3.05) is 13.2 Å². The van der Waals surface area contributed by atoms with Crippen LogP contribution < -0.4 is 5.32 Å². The topological polar surface area (TPSA) is 32.3 Å². The molecular formula is C8H15NO. The molecule has 0 amide bonds. The standard InChI is InChI=1S/C8H15NO/c10-4-1-7-5-8(2-3-8)6-9-7/h7,9-10H,1-6H2. The van der Waals surface area contributed by atoms with E-state index in [-0.39, 0.29) is 0 Å². The van der Waals surface area contributed by atoms with E-state index in [1.807, 2.05) is 0 Å². The molecule has 1 aliphatic heterocycles. The largest absolute Gasteiger partial charge is 0.396 e. The summed E-state index contributed by atoms with van der Waals surface area (Å²) in [4.78, 5) is 0. The first-order chi connectivity index (χ1) is 4.85. The van der Waals surface area contributed by atoms with Crippen molar-refractivity contribution in [3.8, 4) is 0 Å². The first-order valence-corrected chi connectivity index (χ1v) is 4.19. The zero-order valence-electron chi connectivity index (χ0n) is 6.27. The van der Waals surface area contributed by atoms with E-state index in [2.05, 4.69) is 5.32 Å². The van der Waals surface area contributed by atoms with Crippen LogP contribution in [-0.2, 0) is 0 Å². The first-order valence-electron chi connectivity index (χ1n) is 4.19. The predicted molar refractivity (Wildman–Crippen MR) is 39.8 cm³/mol. The van der Waals surface area contributed by atoms with Gasteiger partial charge in [0.2, 0.25) is 0 Å². The molecule has 1 unspecified atom stereocenters. The SMILES string of the molecule is OCCC1CC2(CC2)CN1. The summed E-state index contributed by atoms with van der Waals surface area (Å²) in [5.41, 5.74) is 0.694. The Bertz CT molecular complexity index is 131. The second-order valence-corrected chi connectivity index (χ2v) is 3.79. The maximum Gasteiger partial charge on any atom is 0.0445 e. The lowest BCUT2D eigenvalue weighted by Gasteiger charge is -2.06. The van der Waals surface area contributed by atoms with Crippen LogP contribution in [0.5, 0.6) is 0 Å². The summed E-state index contributed by atoms with van der Waals surface area (Å²) in [6.45, 7) is 1.55. The molecule has 2 fully saturated rings. The Morgan fingerprint density at radius 3 is 2.80 bits per heavy atom. The third kappa shape index (κ3) is 1.06. The van der Waals surface area contributed by atoms with E-state index in [0.29, 0.717) is 18.1 Å². The minimum Gasteiger partial charge on any atom is -0.396 e. The molecule has 58 valence electrons. The van der Waals surface area contributed by atoms with E-state index in [1.165, 1.54) is 25.8 Å². The average molecular weight is 141 g/mol. The molecule has 0 aromatic carbocycles. The Morgan fingerprint density at radius 1 is 1.50 bits per heavy atom. The van der Waals surface area contributed by atoms with Crippen LogP contribution in [0.3, 0.4) is 0 Å². The Kier molecular flexibility index (Phi) is 1.46. The van der Waals surface area contributed by atoms with E-state index in [1.54, 1.807) is 0 Å². The molecule has 0 aromatic rings. The number of hydrogen-bond donors (Lipinski definition) is 2. The van der Waals surface area contributed by atoms with Gasteiger partial charge in [-0.05, 0) is 31.1 Å². The summed E-state index contributed by atoms with van der Waals surface area (Å²) in [6, 6.07) is 0.618. The Morgan fingerprint density at radius 2 is 2.30 bits per heavy atom. The highest BCUT2D eigenvalue weighted by atomic mass is 16.3. The van der Waals surface area contributed by atoms with Crippen molar-refractivity contribution in [2.24, 2.45) is 5.41 Å². The first kappa shape index (κ1) is 6.62. The van der Waals surface area contributed by atoms with Gasteiger partial charge in [-0.25, -0.2) is 0 Å². The molecule has 1 aliphatic carbocycles. The molecule has 0 aromatic heterocycles. The van der Waals surface area contributed by atoms with Crippen molar-refractivity contribution in [1.29, 1.82) is 0 Å². The zero-order valence-corrected chi connectivity index (χ0v) is 6.27. The van der Waals surface area contributed by atoms with Crippen LogP contribution in [-0.4, -0.2) is 24.3 Å². The predicted octanol–water partition coefficient (Wildman–Crippen LogP) is 0.511. The van der Waals surface area contributed by atoms with Gasteiger partial charge in [0.25, 0.3) is 0 Å². The smallest absolute Gasteiger partial charge is 0.0445 e. The van der Waals surface area contributed by atoms with Gasteiger partial charge in [-0.3, -0.25) is 0 Å². The third-order valence-electron chi connectivity index (χ3n) is 2.88. The number of hydrogen-bond acceptors (Lipinski definition) is 2. The van der Waals surface area contributed by atoms with Crippen LogP contribution in [0, 0.1) is 5.41 Å². The molecular weight excluding hydrogens is 126 g/mol. The van der Waals surface area contributed by atoms with Gasteiger partial charge in [0.1, 0.15) is 0 Å². The monoisotopic (exact) mass is 141 g/mol.